The maximum absolute atomic E-state index is 13.6. The summed E-state index contributed by atoms with van der Waals surface area (Å²) in [6, 6.07) is 13.7. The summed E-state index contributed by atoms with van der Waals surface area (Å²) in [4.78, 5) is 41.1. The zero-order chi connectivity index (χ0) is 25.5. The number of hydrogen-bond donors (Lipinski definition) is 2. The Kier molecular flexibility index (Phi) is 8.20. The van der Waals surface area contributed by atoms with Crippen molar-refractivity contribution in [2.75, 3.05) is 5.32 Å². The molecule has 0 aliphatic heterocycles. The molecule has 2 N–H and O–H groups in total. The average molecular weight is 493 g/mol. The van der Waals surface area contributed by atoms with Gasteiger partial charge in [-0.2, -0.15) is 0 Å². The third-order valence-electron chi connectivity index (χ3n) is 6.27. The van der Waals surface area contributed by atoms with E-state index in [1.165, 1.54) is 4.90 Å². The van der Waals surface area contributed by atoms with Crippen LogP contribution < -0.4 is 10.6 Å². The quantitative estimate of drug-likeness (QED) is 0.432. The summed E-state index contributed by atoms with van der Waals surface area (Å²) in [5.74, 6) is 0.949. The van der Waals surface area contributed by atoms with E-state index in [4.69, 9.17) is 8.94 Å². The summed E-state index contributed by atoms with van der Waals surface area (Å²) in [6.07, 6.45) is 3.84. The molecule has 9 nitrogen and oxygen atoms in total. The monoisotopic (exact) mass is 492 g/mol. The smallest absolute Gasteiger partial charge is 0.250 e. The molecule has 4 rings (SSSR count). The van der Waals surface area contributed by atoms with E-state index in [1.807, 2.05) is 30.3 Å². The predicted octanol–water partition coefficient (Wildman–Crippen LogP) is 4.43. The number of benzene rings is 1. The zero-order valence-corrected chi connectivity index (χ0v) is 20.7. The van der Waals surface area contributed by atoms with Crippen molar-refractivity contribution in [3.8, 4) is 0 Å². The van der Waals surface area contributed by atoms with Gasteiger partial charge in [0.1, 0.15) is 17.3 Å². The zero-order valence-electron chi connectivity index (χ0n) is 20.7. The lowest BCUT2D eigenvalue weighted by Gasteiger charge is -2.31. The van der Waals surface area contributed by atoms with Gasteiger partial charge in [0.15, 0.2) is 11.9 Å². The summed E-state index contributed by atoms with van der Waals surface area (Å²) in [6.45, 7) is 3.72. The number of nitrogens with zero attached hydrogens (tertiary/aromatic N) is 2. The molecular weight excluding hydrogens is 460 g/mol. The molecule has 0 unspecified atom stereocenters. The number of furan rings is 1. The van der Waals surface area contributed by atoms with Crippen LogP contribution in [0.3, 0.4) is 0 Å². The minimum Gasteiger partial charge on any atom is -0.464 e. The Hall–Kier alpha value is -3.88. The number of hydrogen-bond acceptors (Lipinski definition) is 6. The Labute approximate surface area is 210 Å². The third-order valence-corrected chi connectivity index (χ3v) is 6.27. The lowest BCUT2D eigenvalue weighted by Crippen LogP contribution is -2.45. The number of carbonyl (C=O) groups excluding carboxylic acids is 3. The van der Waals surface area contributed by atoms with Gasteiger partial charge in [-0.15, -0.1) is 0 Å². The van der Waals surface area contributed by atoms with E-state index in [0.717, 1.165) is 31.2 Å². The molecule has 9 heteroatoms. The van der Waals surface area contributed by atoms with Crippen molar-refractivity contribution in [3.05, 3.63) is 71.4 Å². The molecule has 0 radical (unpaired) electrons. The molecule has 1 saturated carbocycles. The van der Waals surface area contributed by atoms with Gasteiger partial charge in [-0.05, 0) is 44.4 Å². The maximum Gasteiger partial charge on any atom is 0.250 e. The van der Waals surface area contributed by atoms with E-state index in [1.54, 1.807) is 32.0 Å². The van der Waals surface area contributed by atoms with Gasteiger partial charge in [0, 0.05) is 31.5 Å². The second kappa shape index (κ2) is 11.7. The number of nitrogens with one attached hydrogen (secondary N) is 2. The molecule has 1 aliphatic rings. The normalized spacial score (nSPS) is 14.4. The highest BCUT2D eigenvalue weighted by atomic mass is 16.5. The molecule has 1 atom stereocenters. The van der Waals surface area contributed by atoms with E-state index >= 15 is 0 Å². The lowest BCUT2D eigenvalue weighted by molar-refractivity contribution is -0.143. The first-order valence-corrected chi connectivity index (χ1v) is 12.3. The van der Waals surface area contributed by atoms with E-state index in [-0.39, 0.29) is 43.1 Å². The Morgan fingerprint density at radius 1 is 1.03 bits per heavy atom. The van der Waals surface area contributed by atoms with Gasteiger partial charge in [0.05, 0.1) is 0 Å². The minimum absolute atomic E-state index is 0.0653. The van der Waals surface area contributed by atoms with Crippen LogP contribution in [-0.4, -0.2) is 33.8 Å². The van der Waals surface area contributed by atoms with Crippen molar-refractivity contribution in [2.45, 2.75) is 71.0 Å². The van der Waals surface area contributed by atoms with Crippen LogP contribution in [0.4, 0.5) is 5.82 Å². The largest absolute Gasteiger partial charge is 0.464 e. The van der Waals surface area contributed by atoms with E-state index in [9.17, 15) is 14.4 Å². The number of aromatic nitrogens is 1. The number of carbonyl (C=O) groups is 3. The van der Waals surface area contributed by atoms with Gasteiger partial charge in [0.25, 0.3) is 5.91 Å². The Balaban J connectivity index is 1.55. The van der Waals surface area contributed by atoms with Crippen molar-refractivity contribution in [1.29, 1.82) is 0 Å². The molecule has 0 spiro atoms. The maximum atomic E-state index is 13.6. The highest BCUT2D eigenvalue weighted by molar-refractivity contribution is 5.94. The minimum atomic E-state index is -0.951. The molecule has 3 aromatic rings. The molecular formula is C27H32N4O5. The number of anilines is 1. The number of aryl methyl sites for hydroxylation is 2. The van der Waals surface area contributed by atoms with Crippen molar-refractivity contribution >= 4 is 23.5 Å². The highest BCUT2D eigenvalue weighted by Crippen LogP contribution is 2.28. The van der Waals surface area contributed by atoms with Gasteiger partial charge in [-0.25, -0.2) is 0 Å². The Bertz CT molecular complexity index is 1180. The van der Waals surface area contributed by atoms with Crippen LogP contribution in [0.5, 0.6) is 0 Å². The van der Waals surface area contributed by atoms with Gasteiger partial charge in [-0.3, -0.25) is 14.4 Å². The second-order valence-corrected chi connectivity index (χ2v) is 9.22. The van der Waals surface area contributed by atoms with Crippen LogP contribution in [0, 0.1) is 13.8 Å². The topological polar surface area (TPSA) is 118 Å². The van der Waals surface area contributed by atoms with Crippen molar-refractivity contribution < 1.29 is 23.3 Å². The number of amides is 3. The van der Waals surface area contributed by atoms with Crippen LogP contribution in [-0.2, 0) is 20.9 Å². The fourth-order valence-corrected chi connectivity index (χ4v) is 4.47. The van der Waals surface area contributed by atoms with Crippen LogP contribution in [0.15, 0.2) is 57.5 Å². The first-order valence-electron chi connectivity index (χ1n) is 12.3. The van der Waals surface area contributed by atoms with Gasteiger partial charge < -0.3 is 24.5 Å². The Morgan fingerprint density at radius 3 is 2.42 bits per heavy atom. The molecule has 2 aromatic heterocycles. The average Bonchev–Trinajstić information content (AvgIpc) is 3.61. The third kappa shape index (κ3) is 6.62. The van der Waals surface area contributed by atoms with Crippen LogP contribution in [0.2, 0.25) is 0 Å². The lowest BCUT2D eigenvalue weighted by atomic mass is 10.1. The molecule has 1 aromatic carbocycles. The van der Waals surface area contributed by atoms with Crippen LogP contribution >= 0.6 is 0 Å². The molecule has 0 bridgehead atoms. The first-order chi connectivity index (χ1) is 17.4. The Morgan fingerprint density at radius 2 is 1.78 bits per heavy atom. The standard InChI is InChI=1S/C27H32N4O5/c1-18-12-13-22(35-18)26(27(34)28-21-10-6-7-11-21)31(17-20-8-4-3-5-9-20)25(33)15-14-24(32)29-23-16-19(2)36-30-23/h3-5,8-9,12-13,16,21,26H,6-7,10-11,14-15,17H2,1-2H3,(H,28,34)(H,29,30,32)/t26-/m1/s1. The summed E-state index contributed by atoms with van der Waals surface area (Å²) in [5, 5.41) is 9.49. The fourth-order valence-electron chi connectivity index (χ4n) is 4.47. The molecule has 1 fully saturated rings. The SMILES string of the molecule is Cc1cc(NC(=O)CCC(=O)N(Cc2ccccc2)[C@@H](C(=O)NC2CCCC2)c2ccc(C)o2)no1. The predicted molar refractivity (Wildman–Crippen MR) is 133 cm³/mol. The molecule has 2 heterocycles. The van der Waals surface area contributed by atoms with E-state index < -0.39 is 6.04 Å². The number of rotatable bonds is 10. The second-order valence-electron chi connectivity index (χ2n) is 9.22. The van der Waals surface area contributed by atoms with Gasteiger partial charge in [0.2, 0.25) is 11.8 Å². The highest BCUT2D eigenvalue weighted by Gasteiger charge is 2.35. The summed E-state index contributed by atoms with van der Waals surface area (Å²) < 4.78 is 10.8. The van der Waals surface area contributed by atoms with E-state index in [0.29, 0.717) is 23.1 Å². The molecule has 0 saturated heterocycles. The fraction of sp³-hybridized carbons (Fsp3) is 0.407. The molecule has 3 amide bonds. The van der Waals surface area contributed by atoms with Crippen LogP contribution in [0.25, 0.3) is 0 Å². The van der Waals surface area contributed by atoms with Gasteiger partial charge >= 0.3 is 0 Å². The van der Waals surface area contributed by atoms with E-state index in [2.05, 4.69) is 15.8 Å². The molecule has 1 aliphatic carbocycles. The summed E-state index contributed by atoms with van der Waals surface area (Å²) >= 11 is 0. The van der Waals surface area contributed by atoms with Gasteiger partial charge in [-0.1, -0.05) is 48.3 Å². The molecule has 36 heavy (non-hydrogen) atoms. The summed E-state index contributed by atoms with van der Waals surface area (Å²) in [7, 11) is 0. The summed E-state index contributed by atoms with van der Waals surface area (Å²) in [5.41, 5.74) is 0.871. The van der Waals surface area contributed by atoms with Crippen molar-refractivity contribution in [1.82, 2.24) is 15.4 Å². The molecule has 190 valence electrons. The first kappa shape index (κ1) is 25.2. The van der Waals surface area contributed by atoms with Crippen LogP contribution in [0.1, 0.15) is 67.4 Å². The van der Waals surface area contributed by atoms with Crippen molar-refractivity contribution in [2.24, 2.45) is 0 Å². The van der Waals surface area contributed by atoms with Crippen molar-refractivity contribution in [3.63, 3.8) is 0 Å².